The van der Waals surface area contributed by atoms with E-state index in [0.29, 0.717) is 17.1 Å². The highest BCUT2D eigenvalue weighted by atomic mass is 16.6. The predicted molar refractivity (Wildman–Crippen MR) is 107 cm³/mol. The van der Waals surface area contributed by atoms with Crippen molar-refractivity contribution in [2.45, 2.75) is 25.8 Å². The van der Waals surface area contributed by atoms with Gasteiger partial charge in [-0.25, -0.2) is 9.97 Å². The van der Waals surface area contributed by atoms with Gasteiger partial charge in [0, 0.05) is 24.3 Å². The van der Waals surface area contributed by atoms with Crippen LogP contribution in [-0.2, 0) is 0 Å². The van der Waals surface area contributed by atoms with Crippen LogP contribution in [0.3, 0.4) is 0 Å². The van der Waals surface area contributed by atoms with Crippen LogP contribution in [0.1, 0.15) is 30.1 Å². The third-order valence-corrected chi connectivity index (χ3v) is 5.11. The van der Waals surface area contributed by atoms with E-state index in [1.807, 2.05) is 11.9 Å². The fourth-order valence-electron chi connectivity index (χ4n) is 3.37. The number of ketones is 1. The Bertz CT molecular complexity index is 862. The average Bonchev–Trinajstić information content (AvgIpc) is 2.68. The summed E-state index contributed by atoms with van der Waals surface area (Å²) in [6.07, 6.45) is 3.17. The Morgan fingerprint density at radius 1 is 1.25 bits per heavy atom. The highest BCUT2D eigenvalue weighted by Crippen LogP contribution is 2.35. The van der Waals surface area contributed by atoms with E-state index in [0.717, 1.165) is 25.9 Å². The molecule has 1 aliphatic heterocycles. The molecule has 0 amide bonds. The van der Waals surface area contributed by atoms with E-state index in [1.54, 1.807) is 24.3 Å². The van der Waals surface area contributed by atoms with Gasteiger partial charge in [-0.3, -0.25) is 14.9 Å². The van der Waals surface area contributed by atoms with Crippen molar-refractivity contribution in [3.63, 3.8) is 0 Å². The number of likely N-dealkylation sites (tertiary alicyclic amines) is 1. The highest BCUT2D eigenvalue weighted by molar-refractivity contribution is 5.94. The maximum absolute atomic E-state index is 11.8. The van der Waals surface area contributed by atoms with Gasteiger partial charge < -0.3 is 15.1 Å². The molecule has 2 aromatic rings. The van der Waals surface area contributed by atoms with E-state index < -0.39 is 4.92 Å². The largest absolute Gasteiger partial charge is 0.353 e. The quantitative estimate of drug-likeness (QED) is 0.460. The van der Waals surface area contributed by atoms with Gasteiger partial charge >= 0.3 is 5.69 Å². The number of aromatic nitrogens is 2. The maximum Gasteiger partial charge on any atom is 0.353 e. The van der Waals surface area contributed by atoms with Gasteiger partial charge in [0.15, 0.2) is 5.78 Å². The number of piperidine rings is 1. The zero-order valence-corrected chi connectivity index (χ0v) is 16.3. The zero-order chi connectivity index (χ0) is 20.3. The summed E-state index contributed by atoms with van der Waals surface area (Å²) >= 11 is 0. The number of carbonyl (C=O) groups excluding carboxylic acids is 1. The van der Waals surface area contributed by atoms with Gasteiger partial charge in [-0.15, -0.1) is 0 Å². The van der Waals surface area contributed by atoms with E-state index in [2.05, 4.69) is 27.2 Å². The van der Waals surface area contributed by atoms with Crippen molar-refractivity contribution in [3.8, 4) is 0 Å². The van der Waals surface area contributed by atoms with Crippen LogP contribution in [0.25, 0.3) is 0 Å². The molecular formula is C19H24N6O3. The number of benzene rings is 1. The minimum Gasteiger partial charge on any atom is -0.351 e. The topological polar surface area (TPSA) is 104 Å². The Morgan fingerprint density at radius 2 is 1.89 bits per heavy atom. The van der Waals surface area contributed by atoms with E-state index >= 15 is 0 Å². The molecule has 0 bridgehead atoms. The van der Waals surface area contributed by atoms with Crippen LogP contribution in [0, 0.1) is 10.1 Å². The number of rotatable bonds is 6. The lowest BCUT2D eigenvalue weighted by Crippen LogP contribution is -2.42. The Labute approximate surface area is 163 Å². The van der Waals surface area contributed by atoms with Crippen molar-refractivity contribution >= 4 is 28.8 Å². The molecule has 9 nitrogen and oxygen atoms in total. The number of carbonyl (C=O) groups is 1. The van der Waals surface area contributed by atoms with Gasteiger partial charge in [0.25, 0.3) is 0 Å². The first-order valence-electron chi connectivity index (χ1n) is 9.15. The molecule has 0 aliphatic carbocycles. The summed E-state index contributed by atoms with van der Waals surface area (Å²) in [7, 11) is 3.92. The van der Waals surface area contributed by atoms with Gasteiger partial charge in [0.1, 0.15) is 6.33 Å². The SMILES string of the molecule is CC(=O)c1ccc(Nc2ncnc(N(C)C3CCN(C)CC3)c2[N+](=O)[O-])cc1. The Balaban J connectivity index is 1.89. The normalized spacial score (nSPS) is 15.2. The summed E-state index contributed by atoms with van der Waals surface area (Å²) in [4.78, 5) is 35.2. The number of anilines is 3. The minimum absolute atomic E-state index is 0.0402. The van der Waals surface area contributed by atoms with Crippen molar-refractivity contribution in [3.05, 3.63) is 46.3 Å². The van der Waals surface area contributed by atoms with Crippen LogP contribution < -0.4 is 10.2 Å². The molecule has 1 saturated heterocycles. The van der Waals surface area contributed by atoms with Gasteiger partial charge in [-0.1, -0.05) is 0 Å². The monoisotopic (exact) mass is 384 g/mol. The van der Waals surface area contributed by atoms with Crippen molar-refractivity contribution in [1.29, 1.82) is 0 Å². The summed E-state index contributed by atoms with van der Waals surface area (Å²) in [6.45, 7) is 3.38. The van der Waals surface area contributed by atoms with Gasteiger partial charge in [-0.05, 0) is 64.2 Å². The third kappa shape index (κ3) is 4.25. The summed E-state index contributed by atoms with van der Waals surface area (Å²) in [5.74, 6) is 0.393. The molecular weight excluding hydrogens is 360 g/mol. The molecule has 0 unspecified atom stereocenters. The predicted octanol–water partition coefficient (Wildman–Crippen LogP) is 2.86. The second-order valence-electron chi connectivity index (χ2n) is 7.06. The molecule has 28 heavy (non-hydrogen) atoms. The molecule has 1 fully saturated rings. The molecule has 2 heterocycles. The van der Waals surface area contributed by atoms with Crippen LogP contribution in [-0.4, -0.2) is 58.8 Å². The van der Waals surface area contributed by atoms with Crippen molar-refractivity contribution in [2.24, 2.45) is 0 Å². The lowest BCUT2D eigenvalue weighted by atomic mass is 10.0. The number of nitrogens with one attached hydrogen (secondary N) is 1. The van der Waals surface area contributed by atoms with Crippen LogP contribution in [0.4, 0.5) is 23.0 Å². The molecule has 9 heteroatoms. The number of hydrogen-bond acceptors (Lipinski definition) is 8. The fraction of sp³-hybridized carbons (Fsp3) is 0.421. The average molecular weight is 384 g/mol. The molecule has 148 valence electrons. The summed E-state index contributed by atoms with van der Waals surface area (Å²) < 4.78 is 0. The second-order valence-corrected chi connectivity index (χ2v) is 7.06. The highest BCUT2D eigenvalue weighted by Gasteiger charge is 2.30. The molecule has 0 radical (unpaired) electrons. The van der Waals surface area contributed by atoms with Gasteiger partial charge in [0.05, 0.1) is 4.92 Å². The van der Waals surface area contributed by atoms with Crippen LogP contribution >= 0.6 is 0 Å². The van der Waals surface area contributed by atoms with Crippen molar-refractivity contribution in [1.82, 2.24) is 14.9 Å². The minimum atomic E-state index is -0.451. The van der Waals surface area contributed by atoms with Crippen molar-refractivity contribution in [2.75, 3.05) is 37.4 Å². The van der Waals surface area contributed by atoms with Crippen molar-refractivity contribution < 1.29 is 9.72 Å². The zero-order valence-electron chi connectivity index (χ0n) is 16.3. The van der Waals surface area contributed by atoms with E-state index in [-0.39, 0.29) is 23.3 Å². The first-order chi connectivity index (χ1) is 13.4. The van der Waals surface area contributed by atoms with E-state index in [9.17, 15) is 14.9 Å². The number of hydrogen-bond donors (Lipinski definition) is 1. The smallest absolute Gasteiger partial charge is 0.351 e. The maximum atomic E-state index is 11.8. The number of Topliss-reactive ketones (excluding diaryl/α,β-unsaturated/α-hetero) is 1. The standard InChI is InChI=1S/C19H24N6O3/c1-13(26)14-4-6-15(7-5-14)22-18-17(25(27)28)19(21-12-20-18)24(3)16-8-10-23(2)11-9-16/h4-7,12,16H,8-11H2,1-3H3,(H,20,21,22). The lowest BCUT2D eigenvalue weighted by molar-refractivity contribution is -0.383. The van der Waals surface area contributed by atoms with E-state index in [4.69, 9.17) is 0 Å². The van der Waals surface area contributed by atoms with Crippen LogP contribution in [0.15, 0.2) is 30.6 Å². The molecule has 0 atom stereocenters. The van der Waals surface area contributed by atoms with E-state index in [1.165, 1.54) is 13.3 Å². The summed E-state index contributed by atoms with van der Waals surface area (Å²) in [6, 6.07) is 6.92. The van der Waals surface area contributed by atoms with Crippen LogP contribution in [0.5, 0.6) is 0 Å². The second kappa shape index (κ2) is 8.30. The number of nitrogens with zero attached hydrogens (tertiary/aromatic N) is 5. The Kier molecular flexibility index (Phi) is 5.84. The first kappa shape index (κ1) is 19.7. The molecule has 1 aliphatic rings. The molecule has 1 N–H and O–H groups in total. The summed E-state index contributed by atoms with van der Waals surface area (Å²) in [5, 5.41) is 14.8. The Morgan fingerprint density at radius 3 is 2.46 bits per heavy atom. The first-order valence-corrected chi connectivity index (χ1v) is 9.15. The molecule has 1 aromatic carbocycles. The van der Waals surface area contributed by atoms with Gasteiger partial charge in [-0.2, -0.15) is 0 Å². The lowest BCUT2D eigenvalue weighted by Gasteiger charge is -2.35. The number of nitro groups is 1. The molecule has 1 aromatic heterocycles. The third-order valence-electron chi connectivity index (χ3n) is 5.11. The molecule has 0 spiro atoms. The van der Waals surface area contributed by atoms with Crippen LogP contribution in [0.2, 0.25) is 0 Å². The summed E-state index contributed by atoms with van der Waals surface area (Å²) in [5.41, 5.74) is 1.03. The molecule has 3 rings (SSSR count). The fourth-order valence-corrected chi connectivity index (χ4v) is 3.37. The molecule has 0 saturated carbocycles. The van der Waals surface area contributed by atoms with Gasteiger partial charge in [0.2, 0.25) is 11.6 Å². The Hall–Kier alpha value is -3.07.